The summed E-state index contributed by atoms with van der Waals surface area (Å²) in [6, 6.07) is 4.81. The molecule has 3 heteroatoms. The fourth-order valence-corrected chi connectivity index (χ4v) is 3.43. The summed E-state index contributed by atoms with van der Waals surface area (Å²) in [5.41, 5.74) is 0.0113. The van der Waals surface area contributed by atoms with Crippen LogP contribution in [0.5, 0.6) is 0 Å². The van der Waals surface area contributed by atoms with E-state index < -0.39 is 0 Å². The highest BCUT2D eigenvalue weighted by molar-refractivity contribution is 7.09. The molecule has 2 nitrogen and oxygen atoms in total. The van der Waals surface area contributed by atoms with Crippen molar-refractivity contribution in [1.82, 2.24) is 5.32 Å². The molecule has 0 aliphatic carbocycles. The molecule has 1 aromatic rings. The lowest BCUT2D eigenvalue weighted by atomic mass is 9.86. The second kappa shape index (κ2) is 6.69. The molecule has 18 heavy (non-hydrogen) atoms. The van der Waals surface area contributed by atoms with Gasteiger partial charge in [-0.3, -0.25) is 0 Å². The molecule has 1 aliphatic heterocycles. The minimum atomic E-state index is 0.0113. The first kappa shape index (κ1) is 14.0. The lowest BCUT2D eigenvalue weighted by Gasteiger charge is -2.41. The zero-order valence-corrected chi connectivity index (χ0v) is 12.4. The maximum atomic E-state index is 6.12. The maximum absolute atomic E-state index is 6.12. The molecule has 0 bridgehead atoms. The van der Waals surface area contributed by atoms with Gasteiger partial charge in [-0.25, -0.2) is 0 Å². The highest BCUT2D eigenvalue weighted by Gasteiger charge is 2.36. The third-order valence-corrected chi connectivity index (χ3v) is 4.76. The maximum Gasteiger partial charge on any atom is 0.0810 e. The predicted molar refractivity (Wildman–Crippen MR) is 78.3 cm³/mol. The Morgan fingerprint density at radius 1 is 1.50 bits per heavy atom. The molecule has 2 atom stereocenters. The molecule has 0 saturated carbocycles. The molecular weight excluding hydrogens is 242 g/mol. The largest absolute Gasteiger partial charge is 0.374 e. The molecule has 0 radical (unpaired) electrons. The number of ether oxygens (including phenoxy) is 1. The Bertz CT molecular complexity index is 330. The summed E-state index contributed by atoms with van der Waals surface area (Å²) in [7, 11) is 0. The van der Waals surface area contributed by atoms with Gasteiger partial charge in [0.25, 0.3) is 0 Å². The van der Waals surface area contributed by atoms with Crippen LogP contribution in [-0.4, -0.2) is 24.8 Å². The summed E-state index contributed by atoms with van der Waals surface area (Å²) in [5, 5.41) is 5.86. The predicted octanol–water partition coefficient (Wildman–Crippen LogP) is 3.62. The van der Waals surface area contributed by atoms with Crippen molar-refractivity contribution in [3.63, 3.8) is 0 Å². The molecule has 2 unspecified atom stereocenters. The fraction of sp³-hybridized carbons (Fsp3) is 0.733. The van der Waals surface area contributed by atoms with Crippen LogP contribution in [0.15, 0.2) is 17.5 Å². The highest BCUT2D eigenvalue weighted by Crippen LogP contribution is 2.30. The molecule has 2 rings (SSSR count). The normalized spacial score (nSPS) is 26.1. The van der Waals surface area contributed by atoms with Crippen molar-refractivity contribution in [2.75, 3.05) is 13.2 Å². The monoisotopic (exact) mass is 267 g/mol. The standard InChI is InChI=1S/C15H25NOS/c1-3-9-16-14(12-13-7-6-11-18-13)15(2)8-4-5-10-17-15/h6-7,11,14,16H,3-5,8-10,12H2,1-2H3. The van der Waals surface area contributed by atoms with Gasteiger partial charge in [-0.15, -0.1) is 11.3 Å². The molecule has 1 aliphatic rings. The van der Waals surface area contributed by atoms with Crippen LogP contribution in [0.4, 0.5) is 0 Å². The number of rotatable bonds is 6. The summed E-state index contributed by atoms with van der Waals surface area (Å²) in [5.74, 6) is 0. The van der Waals surface area contributed by atoms with E-state index in [1.807, 2.05) is 11.3 Å². The zero-order valence-electron chi connectivity index (χ0n) is 11.6. The van der Waals surface area contributed by atoms with Crippen molar-refractivity contribution in [3.05, 3.63) is 22.4 Å². The first-order valence-electron chi connectivity index (χ1n) is 7.14. The van der Waals surface area contributed by atoms with E-state index in [9.17, 15) is 0 Å². The Morgan fingerprint density at radius 3 is 3.00 bits per heavy atom. The molecule has 0 spiro atoms. The Balaban J connectivity index is 2.03. The Hall–Kier alpha value is -0.380. The van der Waals surface area contributed by atoms with E-state index in [0.29, 0.717) is 6.04 Å². The van der Waals surface area contributed by atoms with Crippen LogP contribution in [0.2, 0.25) is 0 Å². The van der Waals surface area contributed by atoms with Crippen LogP contribution in [0.3, 0.4) is 0 Å². The third-order valence-electron chi connectivity index (χ3n) is 3.86. The van der Waals surface area contributed by atoms with E-state index in [0.717, 1.165) is 19.6 Å². The van der Waals surface area contributed by atoms with E-state index >= 15 is 0 Å². The molecule has 1 N–H and O–H groups in total. The molecule has 102 valence electrons. The summed E-state index contributed by atoms with van der Waals surface area (Å²) < 4.78 is 6.12. The number of nitrogens with one attached hydrogen (secondary N) is 1. The SMILES string of the molecule is CCCNC(Cc1cccs1)C1(C)CCCCO1. The highest BCUT2D eigenvalue weighted by atomic mass is 32.1. The van der Waals surface area contributed by atoms with Crippen molar-refractivity contribution in [2.45, 2.75) is 57.6 Å². The van der Waals surface area contributed by atoms with Gasteiger partial charge in [0.2, 0.25) is 0 Å². The topological polar surface area (TPSA) is 21.3 Å². The van der Waals surface area contributed by atoms with Gasteiger partial charge in [0.15, 0.2) is 0 Å². The molecule has 1 fully saturated rings. The van der Waals surface area contributed by atoms with E-state index in [-0.39, 0.29) is 5.60 Å². The molecular formula is C15H25NOS. The number of thiophene rings is 1. The zero-order chi connectivity index (χ0) is 12.8. The van der Waals surface area contributed by atoms with Gasteiger partial charge >= 0.3 is 0 Å². The Labute approximate surface area is 115 Å². The van der Waals surface area contributed by atoms with Gasteiger partial charge in [-0.1, -0.05) is 13.0 Å². The summed E-state index contributed by atoms with van der Waals surface area (Å²) in [6.45, 7) is 6.51. The van der Waals surface area contributed by atoms with E-state index in [1.165, 1.54) is 30.6 Å². The van der Waals surface area contributed by atoms with Crippen molar-refractivity contribution < 1.29 is 4.74 Å². The van der Waals surface area contributed by atoms with Gasteiger partial charge in [0.05, 0.1) is 5.60 Å². The lowest BCUT2D eigenvalue weighted by molar-refractivity contribution is -0.0882. The van der Waals surface area contributed by atoms with Crippen LogP contribution in [-0.2, 0) is 11.2 Å². The van der Waals surface area contributed by atoms with Gasteiger partial charge in [0.1, 0.15) is 0 Å². The quantitative estimate of drug-likeness (QED) is 0.850. The van der Waals surface area contributed by atoms with Crippen LogP contribution in [0, 0.1) is 0 Å². The first-order chi connectivity index (χ1) is 8.74. The summed E-state index contributed by atoms with van der Waals surface area (Å²) >= 11 is 1.85. The molecule has 0 amide bonds. The van der Waals surface area contributed by atoms with E-state index in [4.69, 9.17) is 4.74 Å². The van der Waals surface area contributed by atoms with Crippen molar-refractivity contribution >= 4 is 11.3 Å². The average Bonchev–Trinajstić information content (AvgIpc) is 2.88. The van der Waals surface area contributed by atoms with Crippen molar-refractivity contribution in [2.24, 2.45) is 0 Å². The Kier molecular flexibility index (Phi) is 5.22. The van der Waals surface area contributed by atoms with Gasteiger partial charge in [-0.05, 0) is 57.0 Å². The van der Waals surface area contributed by atoms with Crippen LogP contribution >= 0.6 is 11.3 Å². The van der Waals surface area contributed by atoms with Crippen molar-refractivity contribution in [3.8, 4) is 0 Å². The van der Waals surface area contributed by atoms with Gasteiger partial charge < -0.3 is 10.1 Å². The van der Waals surface area contributed by atoms with Gasteiger partial charge in [0, 0.05) is 17.5 Å². The smallest absolute Gasteiger partial charge is 0.0810 e. The van der Waals surface area contributed by atoms with E-state index in [2.05, 4.69) is 36.7 Å². The first-order valence-corrected chi connectivity index (χ1v) is 8.02. The van der Waals surface area contributed by atoms with Crippen LogP contribution in [0.1, 0.15) is 44.4 Å². The minimum absolute atomic E-state index is 0.0113. The lowest BCUT2D eigenvalue weighted by Crippen LogP contribution is -2.53. The number of hydrogen-bond acceptors (Lipinski definition) is 3. The van der Waals surface area contributed by atoms with Gasteiger partial charge in [-0.2, -0.15) is 0 Å². The second-order valence-corrected chi connectivity index (χ2v) is 6.44. The van der Waals surface area contributed by atoms with E-state index in [1.54, 1.807) is 0 Å². The summed E-state index contributed by atoms with van der Waals surface area (Å²) in [6.07, 6.45) is 5.96. The molecule has 1 saturated heterocycles. The van der Waals surface area contributed by atoms with Crippen LogP contribution < -0.4 is 5.32 Å². The Morgan fingerprint density at radius 2 is 2.39 bits per heavy atom. The minimum Gasteiger partial charge on any atom is -0.374 e. The molecule has 0 aromatic carbocycles. The average molecular weight is 267 g/mol. The summed E-state index contributed by atoms with van der Waals surface area (Å²) in [4.78, 5) is 1.46. The number of hydrogen-bond donors (Lipinski definition) is 1. The third kappa shape index (κ3) is 3.56. The van der Waals surface area contributed by atoms with Crippen molar-refractivity contribution in [1.29, 1.82) is 0 Å². The second-order valence-electron chi connectivity index (χ2n) is 5.41. The fourth-order valence-electron chi connectivity index (χ4n) is 2.68. The molecule has 1 aromatic heterocycles. The molecule has 2 heterocycles. The van der Waals surface area contributed by atoms with Crippen LogP contribution in [0.25, 0.3) is 0 Å².